The van der Waals surface area contributed by atoms with Crippen molar-refractivity contribution in [3.8, 4) is 0 Å². The van der Waals surface area contributed by atoms with Crippen LogP contribution >= 0.6 is 11.3 Å². The van der Waals surface area contributed by atoms with Crippen molar-refractivity contribution in [3.05, 3.63) is 10.0 Å². The zero-order valence-electron chi connectivity index (χ0n) is 13.2. The molecule has 9 N–H and O–H groups in total. The van der Waals surface area contributed by atoms with E-state index in [9.17, 15) is 19.5 Å². The quantitative estimate of drug-likeness (QED) is 0.244. The number of urea groups is 1. The van der Waals surface area contributed by atoms with Crippen molar-refractivity contribution in [1.82, 2.24) is 20.8 Å². The third-order valence-electron chi connectivity index (χ3n) is 3.01. The SMILES string of the molecule is C[C@H](O)[C@H](NC(=O)N[C@@H](CC(N)=O)c1nnc([C@@H](N)CO)s1)C(=O)O. The first kappa shape index (κ1) is 20.7. The second kappa shape index (κ2) is 9.22. The van der Waals surface area contributed by atoms with Gasteiger partial charge in [-0.05, 0) is 6.92 Å². The number of rotatable bonds is 9. The van der Waals surface area contributed by atoms with Crippen LogP contribution in [0.5, 0.6) is 0 Å². The summed E-state index contributed by atoms with van der Waals surface area (Å²) < 4.78 is 0. The highest BCUT2D eigenvalue weighted by molar-refractivity contribution is 7.11. The van der Waals surface area contributed by atoms with E-state index in [1.54, 1.807) is 0 Å². The Hall–Kier alpha value is -2.35. The Bertz CT molecular complexity index is 623. The Labute approximate surface area is 146 Å². The number of aliphatic carboxylic acids is 1. The van der Waals surface area contributed by atoms with E-state index in [0.29, 0.717) is 5.01 Å². The van der Waals surface area contributed by atoms with Crippen LogP contribution < -0.4 is 22.1 Å². The first-order valence-electron chi connectivity index (χ1n) is 7.11. The number of aromatic nitrogens is 2. The molecule has 0 aliphatic heterocycles. The maximum atomic E-state index is 12.0. The van der Waals surface area contributed by atoms with Crippen LogP contribution in [0.3, 0.4) is 0 Å². The van der Waals surface area contributed by atoms with E-state index >= 15 is 0 Å². The van der Waals surface area contributed by atoms with Crippen molar-refractivity contribution in [2.24, 2.45) is 11.5 Å². The smallest absolute Gasteiger partial charge is 0.328 e. The molecule has 0 fully saturated rings. The Morgan fingerprint density at radius 2 is 1.84 bits per heavy atom. The minimum atomic E-state index is -1.54. The number of amides is 3. The molecule has 12 nitrogen and oxygen atoms in total. The van der Waals surface area contributed by atoms with E-state index in [1.807, 2.05) is 0 Å². The normalized spacial score (nSPS) is 15.7. The molecule has 0 saturated heterocycles. The zero-order valence-corrected chi connectivity index (χ0v) is 14.1. The molecule has 25 heavy (non-hydrogen) atoms. The van der Waals surface area contributed by atoms with Gasteiger partial charge in [-0.3, -0.25) is 4.79 Å². The van der Waals surface area contributed by atoms with Crippen LogP contribution in [0.4, 0.5) is 4.79 Å². The molecule has 4 atom stereocenters. The lowest BCUT2D eigenvalue weighted by atomic mass is 10.2. The number of aliphatic hydroxyl groups is 2. The second-order valence-electron chi connectivity index (χ2n) is 5.16. The molecular weight excluding hydrogens is 356 g/mol. The van der Waals surface area contributed by atoms with E-state index in [0.717, 1.165) is 11.3 Å². The monoisotopic (exact) mass is 376 g/mol. The lowest BCUT2D eigenvalue weighted by Crippen LogP contribution is -2.51. The zero-order chi connectivity index (χ0) is 19.1. The molecule has 0 aliphatic carbocycles. The third kappa shape index (κ3) is 6.22. The fourth-order valence-corrected chi connectivity index (χ4v) is 2.63. The Kier molecular flexibility index (Phi) is 7.63. The maximum absolute atomic E-state index is 12.0. The Morgan fingerprint density at radius 3 is 2.32 bits per heavy atom. The van der Waals surface area contributed by atoms with Gasteiger partial charge in [0, 0.05) is 0 Å². The van der Waals surface area contributed by atoms with Crippen LogP contribution in [0.25, 0.3) is 0 Å². The molecule has 13 heteroatoms. The second-order valence-corrected chi connectivity index (χ2v) is 6.21. The Morgan fingerprint density at radius 1 is 1.24 bits per heavy atom. The lowest BCUT2D eigenvalue weighted by Gasteiger charge is -2.20. The van der Waals surface area contributed by atoms with Crippen molar-refractivity contribution >= 4 is 29.2 Å². The first-order valence-corrected chi connectivity index (χ1v) is 7.93. The molecule has 0 unspecified atom stereocenters. The summed E-state index contributed by atoms with van der Waals surface area (Å²) in [6, 6.07) is -4.22. The molecule has 0 spiro atoms. The van der Waals surface area contributed by atoms with Gasteiger partial charge in [-0.2, -0.15) is 0 Å². The van der Waals surface area contributed by atoms with Gasteiger partial charge in [-0.15, -0.1) is 10.2 Å². The number of carboxylic acids is 1. The van der Waals surface area contributed by atoms with Gasteiger partial charge in [-0.1, -0.05) is 11.3 Å². The summed E-state index contributed by atoms with van der Waals surface area (Å²) in [5.74, 6) is -2.16. The van der Waals surface area contributed by atoms with Crippen LogP contribution in [0.2, 0.25) is 0 Å². The number of hydrogen-bond acceptors (Lipinski definition) is 9. The van der Waals surface area contributed by atoms with Crippen molar-refractivity contribution in [1.29, 1.82) is 0 Å². The fraction of sp³-hybridized carbons (Fsp3) is 0.583. The third-order valence-corrected chi connectivity index (χ3v) is 4.18. The molecule has 3 amide bonds. The number of hydrogen-bond donors (Lipinski definition) is 7. The lowest BCUT2D eigenvalue weighted by molar-refractivity contribution is -0.141. The topological polar surface area (TPSA) is 214 Å². The van der Waals surface area contributed by atoms with E-state index in [-0.39, 0.29) is 18.0 Å². The van der Waals surface area contributed by atoms with Gasteiger partial charge in [0.1, 0.15) is 10.0 Å². The maximum Gasteiger partial charge on any atom is 0.328 e. The van der Waals surface area contributed by atoms with Crippen molar-refractivity contribution < 1.29 is 29.7 Å². The van der Waals surface area contributed by atoms with E-state index < -0.39 is 42.1 Å². The Balaban J connectivity index is 2.89. The highest BCUT2D eigenvalue weighted by atomic mass is 32.1. The largest absolute Gasteiger partial charge is 0.480 e. The van der Waals surface area contributed by atoms with Crippen LogP contribution in [0.1, 0.15) is 35.4 Å². The average molecular weight is 376 g/mol. The van der Waals surface area contributed by atoms with Crippen molar-refractivity contribution in [3.63, 3.8) is 0 Å². The summed E-state index contributed by atoms with van der Waals surface area (Å²) in [5.41, 5.74) is 10.8. The number of nitrogens with two attached hydrogens (primary N) is 2. The molecule has 140 valence electrons. The van der Waals surface area contributed by atoms with Crippen molar-refractivity contribution in [2.45, 2.75) is 37.6 Å². The molecule has 0 bridgehead atoms. The van der Waals surface area contributed by atoms with Gasteiger partial charge >= 0.3 is 12.0 Å². The van der Waals surface area contributed by atoms with Crippen LogP contribution in [-0.2, 0) is 9.59 Å². The van der Waals surface area contributed by atoms with E-state index in [4.69, 9.17) is 21.7 Å². The summed E-state index contributed by atoms with van der Waals surface area (Å²) in [4.78, 5) is 34.2. The van der Waals surface area contributed by atoms with Gasteiger partial charge in [0.15, 0.2) is 6.04 Å². The van der Waals surface area contributed by atoms with Gasteiger partial charge in [0.2, 0.25) is 5.91 Å². The molecule has 1 heterocycles. The van der Waals surface area contributed by atoms with Crippen molar-refractivity contribution in [2.75, 3.05) is 6.61 Å². The predicted molar refractivity (Wildman–Crippen MR) is 85.2 cm³/mol. The molecule has 0 aliphatic rings. The number of nitrogens with one attached hydrogen (secondary N) is 2. The predicted octanol–water partition coefficient (Wildman–Crippen LogP) is -2.42. The van der Waals surface area contributed by atoms with Gasteiger partial charge in [0.05, 0.1) is 31.2 Å². The number of aliphatic hydroxyl groups excluding tert-OH is 2. The van der Waals surface area contributed by atoms with Crippen LogP contribution in [0, 0.1) is 0 Å². The number of primary amides is 1. The number of nitrogens with zero attached hydrogens (tertiary/aromatic N) is 2. The number of carboxylic acid groups (broad SMARTS) is 1. The average Bonchev–Trinajstić information content (AvgIpc) is 3.00. The number of carbonyl (C=O) groups is 3. The summed E-state index contributed by atoms with van der Waals surface area (Å²) in [5, 5.41) is 39.8. The number of carbonyl (C=O) groups excluding carboxylic acids is 2. The highest BCUT2D eigenvalue weighted by Crippen LogP contribution is 2.23. The van der Waals surface area contributed by atoms with Crippen LogP contribution in [0.15, 0.2) is 0 Å². The molecule has 1 rings (SSSR count). The first-order chi connectivity index (χ1) is 11.6. The molecule has 1 aromatic heterocycles. The molecule has 0 saturated carbocycles. The fourth-order valence-electron chi connectivity index (χ4n) is 1.75. The van der Waals surface area contributed by atoms with Crippen LogP contribution in [-0.4, -0.2) is 62.2 Å². The van der Waals surface area contributed by atoms with Gasteiger partial charge in [0.25, 0.3) is 0 Å². The van der Waals surface area contributed by atoms with Gasteiger partial charge < -0.3 is 37.4 Å². The molecular formula is C12H20N6O6S. The summed E-state index contributed by atoms with van der Waals surface area (Å²) >= 11 is 0.966. The molecule has 1 aromatic rings. The molecule has 0 aromatic carbocycles. The van der Waals surface area contributed by atoms with E-state index in [2.05, 4.69) is 20.8 Å². The highest BCUT2D eigenvalue weighted by Gasteiger charge is 2.28. The molecule has 0 radical (unpaired) electrons. The minimum absolute atomic E-state index is 0.205. The minimum Gasteiger partial charge on any atom is -0.480 e. The summed E-state index contributed by atoms with van der Waals surface area (Å²) in [6.45, 7) is 0.838. The summed E-state index contributed by atoms with van der Waals surface area (Å²) in [7, 11) is 0. The van der Waals surface area contributed by atoms with Gasteiger partial charge in [-0.25, -0.2) is 9.59 Å². The van der Waals surface area contributed by atoms with E-state index in [1.165, 1.54) is 6.92 Å². The summed E-state index contributed by atoms with van der Waals surface area (Å²) in [6.07, 6.45) is -1.66. The standard InChI is InChI=1S/C12H20N6O6S/c1-4(20)8(11(22)23)16-12(24)15-6(2-7(14)21)10-18-17-9(25-10)5(13)3-19/h4-6,8,19-20H,2-3,13H2,1H3,(H2,14,21)(H,22,23)(H2,15,16,24)/t4-,5-,6-,8-/m0/s1.